The second-order valence-corrected chi connectivity index (χ2v) is 4.97. The van der Waals surface area contributed by atoms with E-state index < -0.39 is 0 Å². The van der Waals surface area contributed by atoms with Crippen LogP contribution < -0.4 is 0 Å². The van der Waals surface area contributed by atoms with Crippen molar-refractivity contribution in [3.63, 3.8) is 0 Å². The largest absolute Gasteiger partial charge is 0.376 e. The van der Waals surface area contributed by atoms with Crippen LogP contribution in [-0.2, 0) is 14.3 Å². The number of carbonyl (C=O) groups excluding carboxylic acids is 1. The predicted molar refractivity (Wildman–Crippen MR) is 61.3 cm³/mol. The molecule has 0 spiro atoms. The van der Waals surface area contributed by atoms with E-state index in [0.29, 0.717) is 19.8 Å². The molecule has 1 aliphatic carbocycles. The second-order valence-electron chi connectivity index (χ2n) is 4.97. The summed E-state index contributed by atoms with van der Waals surface area (Å²) >= 11 is 0. The lowest BCUT2D eigenvalue weighted by Crippen LogP contribution is -2.40. The van der Waals surface area contributed by atoms with Gasteiger partial charge in [-0.25, -0.2) is 0 Å². The van der Waals surface area contributed by atoms with Gasteiger partial charge in [0.25, 0.3) is 0 Å². The van der Waals surface area contributed by atoms with Crippen LogP contribution in [0.2, 0.25) is 0 Å². The van der Waals surface area contributed by atoms with Gasteiger partial charge in [0.05, 0.1) is 19.8 Å². The first-order valence-corrected chi connectivity index (χ1v) is 6.54. The molecule has 3 atom stereocenters. The highest BCUT2D eigenvalue weighted by atomic mass is 16.6. The van der Waals surface area contributed by atoms with Crippen molar-refractivity contribution in [1.29, 1.82) is 0 Å². The van der Waals surface area contributed by atoms with E-state index in [4.69, 9.17) is 9.47 Å². The van der Waals surface area contributed by atoms with Gasteiger partial charge in [0, 0.05) is 5.92 Å². The average Bonchev–Trinajstić information content (AvgIpc) is 2.39. The van der Waals surface area contributed by atoms with Crippen molar-refractivity contribution in [2.45, 2.75) is 45.1 Å². The maximum atomic E-state index is 12.2. The van der Waals surface area contributed by atoms with E-state index >= 15 is 0 Å². The van der Waals surface area contributed by atoms with Crippen molar-refractivity contribution in [3.05, 3.63) is 0 Å². The Morgan fingerprint density at radius 3 is 2.88 bits per heavy atom. The lowest BCUT2D eigenvalue weighted by Gasteiger charge is -2.31. The summed E-state index contributed by atoms with van der Waals surface area (Å²) in [5, 5.41) is 0. The molecule has 2 fully saturated rings. The number of rotatable bonds is 3. The molecule has 1 saturated carbocycles. The first-order valence-electron chi connectivity index (χ1n) is 6.54. The molecule has 3 heteroatoms. The summed E-state index contributed by atoms with van der Waals surface area (Å²) in [6, 6.07) is 0. The zero-order valence-corrected chi connectivity index (χ0v) is 10.1. The quantitative estimate of drug-likeness (QED) is 0.740. The van der Waals surface area contributed by atoms with Gasteiger partial charge in [-0.15, -0.1) is 0 Å². The van der Waals surface area contributed by atoms with Gasteiger partial charge in [-0.3, -0.25) is 4.79 Å². The summed E-state index contributed by atoms with van der Waals surface area (Å²) < 4.78 is 10.8. The van der Waals surface area contributed by atoms with E-state index in [1.54, 1.807) is 0 Å². The highest BCUT2D eigenvalue weighted by Gasteiger charge is 2.32. The monoisotopic (exact) mass is 226 g/mol. The van der Waals surface area contributed by atoms with Crippen LogP contribution in [0, 0.1) is 11.8 Å². The maximum Gasteiger partial charge on any atom is 0.167 e. The van der Waals surface area contributed by atoms with E-state index in [1.165, 1.54) is 19.3 Å². The highest BCUT2D eigenvalue weighted by Crippen LogP contribution is 2.32. The SMILES string of the molecule is CCC1CCCC(C(=O)C2COCCO2)C1. The van der Waals surface area contributed by atoms with Crippen LogP contribution in [0.15, 0.2) is 0 Å². The molecule has 2 rings (SSSR count). The van der Waals surface area contributed by atoms with Crippen LogP contribution in [-0.4, -0.2) is 31.7 Å². The Hall–Kier alpha value is -0.410. The highest BCUT2D eigenvalue weighted by molar-refractivity contribution is 5.85. The topological polar surface area (TPSA) is 35.5 Å². The fourth-order valence-electron chi connectivity index (χ4n) is 2.84. The maximum absolute atomic E-state index is 12.2. The van der Waals surface area contributed by atoms with Crippen molar-refractivity contribution < 1.29 is 14.3 Å². The number of Topliss-reactive ketones (excluding diaryl/α,β-unsaturated/α-hetero) is 1. The average molecular weight is 226 g/mol. The van der Waals surface area contributed by atoms with Crippen LogP contribution in [0.25, 0.3) is 0 Å². The summed E-state index contributed by atoms with van der Waals surface area (Å²) in [5.41, 5.74) is 0. The number of ketones is 1. The molecular weight excluding hydrogens is 204 g/mol. The minimum Gasteiger partial charge on any atom is -0.376 e. The number of hydrogen-bond acceptors (Lipinski definition) is 3. The van der Waals surface area contributed by atoms with Crippen molar-refractivity contribution in [2.24, 2.45) is 11.8 Å². The third-order valence-electron chi connectivity index (χ3n) is 3.90. The summed E-state index contributed by atoms with van der Waals surface area (Å²) in [7, 11) is 0. The van der Waals surface area contributed by atoms with Gasteiger partial charge < -0.3 is 9.47 Å². The zero-order chi connectivity index (χ0) is 11.4. The van der Waals surface area contributed by atoms with E-state index in [-0.39, 0.29) is 17.8 Å². The first kappa shape index (κ1) is 12.1. The fraction of sp³-hybridized carbons (Fsp3) is 0.923. The molecule has 1 aliphatic heterocycles. The van der Waals surface area contributed by atoms with Gasteiger partial charge in [0.2, 0.25) is 0 Å². The second kappa shape index (κ2) is 5.78. The zero-order valence-electron chi connectivity index (χ0n) is 10.1. The summed E-state index contributed by atoms with van der Waals surface area (Å²) in [6.45, 7) is 3.89. The van der Waals surface area contributed by atoms with Crippen LogP contribution in [0.1, 0.15) is 39.0 Å². The van der Waals surface area contributed by atoms with E-state index in [1.807, 2.05) is 0 Å². The minimum atomic E-state index is -0.283. The van der Waals surface area contributed by atoms with Crippen molar-refractivity contribution in [3.8, 4) is 0 Å². The lowest BCUT2D eigenvalue weighted by molar-refractivity contribution is -0.150. The molecule has 1 saturated heterocycles. The van der Waals surface area contributed by atoms with E-state index in [2.05, 4.69) is 6.92 Å². The standard InChI is InChI=1S/C13H22O3/c1-2-10-4-3-5-11(8-10)13(14)12-9-15-6-7-16-12/h10-12H,2-9H2,1H3. The van der Waals surface area contributed by atoms with Gasteiger partial charge in [-0.2, -0.15) is 0 Å². The Balaban J connectivity index is 1.87. The first-order chi connectivity index (χ1) is 7.81. The molecule has 0 amide bonds. The van der Waals surface area contributed by atoms with Crippen LogP contribution in [0.4, 0.5) is 0 Å². The Morgan fingerprint density at radius 1 is 1.31 bits per heavy atom. The van der Waals surface area contributed by atoms with Crippen molar-refractivity contribution in [1.82, 2.24) is 0 Å². The summed E-state index contributed by atoms with van der Waals surface area (Å²) in [6.07, 6.45) is 5.52. The van der Waals surface area contributed by atoms with Gasteiger partial charge >= 0.3 is 0 Å². The van der Waals surface area contributed by atoms with Crippen LogP contribution in [0.3, 0.4) is 0 Å². The van der Waals surface area contributed by atoms with E-state index in [0.717, 1.165) is 18.8 Å². The Morgan fingerprint density at radius 2 is 2.19 bits per heavy atom. The number of carbonyl (C=O) groups is 1. The molecule has 1 heterocycles. The molecule has 0 radical (unpaired) electrons. The van der Waals surface area contributed by atoms with Crippen LogP contribution in [0.5, 0.6) is 0 Å². The molecule has 0 aromatic heterocycles. The number of hydrogen-bond donors (Lipinski definition) is 0. The van der Waals surface area contributed by atoms with Gasteiger partial charge in [0.1, 0.15) is 6.10 Å². The van der Waals surface area contributed by atoms with E-state index in [9.17, 15) is 4.79 Å². The van der Waals surface area contributed by atoms with Gasteiger partial charge in [0.15, 0.2) is 5.78 Å². The summed E-state index contributed by atoms with van der Waals surface area (Å²) in [4.78, 5) is 12.2. The molecule has 0 aromatic rings. The molecule has 3 nitrogen and oxygen atoms in total. The smallest absolute Gasteiger partial charge is 0.167 e. The minimum absolute atomic E-state index is 0.227. The molecule has 16 heavy (non-hydrogen) atoms. The third kappa shape index (κ3) is 2.83. The van der Waals surface area contributed by atoms with Crippen LogP contribution >= 0.6 is 0 Å². The molecule has 0 N–H and O–H groups in total. The number of ether oxygens (including phenoxy) is 2. The lowest BCUT2D eigenvalue weighted by atomic mass is 9.77. The Kier molecular flexibility index (Phi) is 4.36. The van der Waals surface area contributed by atoms with Crippen molar-refractivity contribution in [2.75, 3.05) is 19.8 Å². The molecule has 0 bridgehead atoms. The van der Waals surface area contributed by atoms with Gasteiger partial charge in [-0.05, 0) is 18.8 Å². The molecule has 3 unspecified atom stereocenters. The van der Waals surface area contributed by atoms with Gasteiger partial charge in [-0.1, -0.05) is 26.2 Å². The predicted octanol–water partition coefficient (Wildman–Crippen LogP) is 2.19. The Labute approximate surface area is 97.5 Å². The molecule has 92 valence electrons. The fourth-order valence-corrected chi connectivity index (χ4v) is 2.84. The normalized spacial score (nSPS) is 35.9. The summed E-state index contributed by atoms with van der Waals surface area (Å²) in [5.74, 6) is 1.26. The van der Waals surface area contributed by atoms with Crippen molar-refractivity contribution >= 4 is 5.78 Å². The molecular formula is C13H22O3. The Bertz CT molecular complexity index is 233. The third-order valence-corrected chi connectivity index (χ3v) is 3.90. The molecule has 0 aromatic carbocycles. The molecule has 2 aliphatic rings.